The zero-order valence-electron chi connectivity index (χ0n) is 15.7. The second-order valence-electron chi connectivity index (χ2n) is 6.94. The first-order chi connectivity index (χ1) is 13.1. The maximum atomic E-state index is 12.3. The summed E-state index contributed by atoms with van der Waals surface area (Å²) in [6, 6.07) is 13.4. The Bertz CT molecular complexity index is 738. The first-order valence-corrected chi connectivity index (χ1v) is 9.36. The number of aliphatic hydroxyl groups excluding tert-OH is 1. The molecule has 0 saturated carbocycles. The minimum atomic E-state index is -0.566. The molecule has 1 saturated heterocycles. The fraction of sp³-hybridized carbons (Fsp3) is 0.429. The molecule has 0 radical (unpaired) electrons. The van der Waals surface area contributed by atoms with Gasteiger partial charge in [0.1, 0.15) is 5.75 Å². The van der Waals surface area contributed by atoms with Crippen LogP contribution in [0.5, 0.6) is 5.75 Å². The Hall–Kier alpha value is -2.44. The summed E-state index contributed by atoms with van der Waals surface area (Å²) in [4.78, 5) is 18.8. The third kappa shape index (κ3) is 5.77. The van der Waals surface area contributed by atoms with Crippen LogP contribution in [0.2, 0.25) is 0 Å². The molecule has 27 heavy (non-hydrogen) atoms. The van der Waals surface area contributed by atoms with Gasteiger partial charge >= 0.3 is 0 Å². The molecule has 2 aromatic rings. The van der Waals surface area contributed by atoms with Crippen LogP contribution in [0.25, 0.3) is 0 Å². The van der Waals surface area contributed by atoms with Gasteiger partial charge < -0.3 is 15.2 Å². The Balaban J connectivity index is 1.43. The molecule has 6 heteroatoms. The van der Waals surface area contributed by atoms with E-state index in [0.717, 1.165) is 30.0 Å². The lowest BCUT2D eigenvalue weighted by molar-refractivity contribution is -0.123. The summed E-state index contributed by atoms with van der Waals surface area (Å²) in [6.45, 7) is 2.08. The van der Waals surface area contributed by atoms with E-state index in [2.05, 4.69) is 15.2 Å². The number of pyridine rings is 1. The average Bonchev–Trinajstić information content (AvgIpc) is 2.69. The number of benzene rings is 1. The van der Waals surface area contributed by atoms with E-state index in [1.165, 1.54) is 0 Å². The van der Waals surface area contributed by atoms with Crippen LogP contribution in [-0.4, -0.2) is 53.2 Å². The number of carbonyl (C=O) groups excluding carboxylic acids is 1. The summed E-state index contributed by atoms with van der Waals surface area (Å²) in [7, 11) is 1.63. The van der Waals surface area contributed by atoms with E-state index in [0.29, 0.717) is 25.9 Å². The summed E-state index contributed by atoms with van der Waals surface area (Å²) >= 11 is 0. The molecular formula is C21H27N3O3. The van der Waals surface area contributed by atoms with E-state index in [9.17, 15) is 9.90 Å². The largest absolute Gasteiger partial charge is 0.497 e. The summed E-state index contributed by atoms with van der Waals surface area (Å²) in [6.07, 6.45) is 2.99. The molecule has 1 aromatic carbocycles. The van der Waals surface area contributed by atoms with Gasteiger partial charge in [-0.1, -0.05) is 18.2 Å². The standard InChI is InChI=1S/C21H27N3O3/c1-27-18-7-4-5-16(13-18)8-9-21(26)23-19-10-12-24(15-20(19)25)14-17-6-2-3-11-22-17/h2-7,11,13,19-20,25H,8-10,12,14-15H2,1H3,(H,23,26)/t19-,20-/m1/s1. The molecule has 0 unspecified atom stereocenters. The number of piperidine rings is 1. The maximum absolute atomic E-state index is 12.3. The summed E-state index contributed by atoms with van der Waals surface area (Å²) < 4.78 is 5.21. The minimum absolute atomic E-state index is 0.0277. The lowest BCUT2D eigenvalue weighted by Gasteiger charge is -2.36. The number of aryl methyl sites for hydroxylation is 1. The SMILES string of the molecule is COc1cccc(CCC(=O)N[C@@H]2CCN(Cc3ccccn3)C[C@H]2O)c1. The lowest BCUT2D eigenvalue weighted by Crippen LogP contribution is -2.53. The monoisotopic (exact) mass is 369 g/mol. The van der Waals surface area contributed by atoms with Crippen molar-refractivity contribution in [3.63, 3.8) is 0 Å². The van der Waals surface area contributed by atoms with E-state index in [-0.39, 0.29) is 11.9 Å². The number of nitrogens with zero attached hydrogens (tertiary/aromatic N) is 2. The van der Waals surface area contributed by atoms with Gasteiger partial charge in [0.05, 0.1) is 24.9 Å². The van der Waals surface area contributed by atoms with Gasteiger partial charge in [0.25, 0.3) is 0 Å². The van der Waals surface area contributed by atoms with E-state index < -0.39 is 6.10 Å². The van der Waals surface area contributed by atoms with E-state index in [1.807, 2.05) is 42.5 Å². The second-order valence-corrected chi connectivity index (χ2v) is 6.94. The van der Waals surface area contributed by atoms with Crippen molar-refractivity contribution in [3.8, 4) is 5.75 Å². The predicted molar refractivity (Wildman–Crippen MR) is 103 cm³/mol. The fourth-order valence-electron chi connectivity index (χ4n) is 3.39. The van der Waals surface area contributed by atoms with Crippen LogP contribution in [0.3, 0.4) is 0 Å². The van der Waals surface area contributed by atoms with Crippen LogP contribution in [-0.2, 0) is 17.8 Å². The first-order valence-electron chi connectivity index (χ1n) is 9.36. The van der Waals surface area contributed by atoms with E-state index in [4.69, 9.17) is 4.74 Å². The topological polar surface area (TPSA) is 74.7 Å². The zero-order valence-corrected chi connectivity index (χ0v) is 15.7. The van der Waals surface area contributed by atoms with Crippen LogP contribution in [0, 0.1) is 0 Å². The van der Waals surface area contributed by atoms with E-state index >= 15 is 0 Å². The van der Waals surface area contributed by atoms with Gasteiger partial charge in [0.15, 0.2) is 0 Å². The Morgan fingerprint density at radius 3 is 2.96 bits per heavy atom. The van der Waals surface area contributed by atoms with Gasteiger partial charge in [-0.2, -0.15) is 0 Å². The van der Waals surface area contributed by atoms with Gasteiger partial charge in [0.2, 0.25) is 5.91 Å². The molecule has 1 aliphatic heterocycles. The first kappa shape index (κ1) is 19.3. The molecule has 1 fully saturated rings. The van der Waals surface area contributed by atoms with Crippen LogP contribution < -0.4 is 10.1 Å². The number of amides is 1. The Kier molecular flexibility index (Phi) is 6.79. The van der Waals surface area contributed by atoms with Crippen LogP contribution in [0.1, 0.15) is 24.1 Å². The third-order valence-corrected chi connectivity index (χ3v) is 4.90. The Morgan fingerprint density at radius 1 is 1.33 bits per heavy atom. The zero-order chi connectivity index (χ0) is 19.1. The normalized spacial score (nSPS) is 20.2. The number of aliphatic hydroxyl groups is 1. The summed E-state index contributed by atoms with van der Waals surface area (Å²) in [5.74, 6) is 0.767. The van der Waals surface area contributed by atoms with Gasteiger partial charge in [-0.15, -0.1) is 0 Å². The Labute approximate surface area is 160 Å². The highest BCUT2D eigenvalue weighted by Crippen LogP contribution is 2.16. The molecule has 3 rings (SSSR count). The second kappa shape index (κ2) is 9.48. The van der Waals surface area contributed by atoms with Crippen molar-refractivity contribution >= 4 is 5.91 Å². The van der Waals surface area contributed by atoms with Crippen molar-refractivity contribution in [2.24, 2.45) is 0 Å². The molecule has 2 atom stereocenters. The van der Waals surface area contributed by atoms with Gasteiger partial charge in [-0.3, -0.25) is 14.7 Å². The lowest BCUT2D eigenvalue weighted by atomic mass is 10.0. The van der Waals surface area contributed by atoms with Crippen LogP contribution in [0.4, 0.5) is 0 Å². The molecule has 0 bridgehead atoms. The smallest absolute Gasteiger partial charge is 0.220 e. The Morgan fingerprint density at radius 2 is 2.22 bits per heavy atom. The highest BCUT2D eigenvalue weighted by molar-refractivity contribution is 5.76. The van der Waals surface area contributed by atoms with Gasteiger partial charge in [-0.25, -0.2) is 0 Å². The molecule has 1 aliphatic rings. The van der Waals surface area contributed by atoms with Gasteiger partial charge in [-0.05, 0) is 42.7 Å². The number of likely N-dealkylation sites (tertiary alicyclic amines) is 1. The molecule has 1 aromatic heterocycles. The number of aromatic nitrogens is 1. The number of nitrogens with one attached hydrogen (secondary N) is 1. The molecule has 0 spiro atoms. The third-order valence-electron chi connectivity index (χ3n) is 4.90. The number of carbonyl (C=O) groups is 1. The molecule has 6 nitrogen and oxygen atoms in total. The van der Waals surface area contributed by atoms with Gasteiger partial charge in [0, 0.05) is 32.3 Å². The average molecular weight is 369 g/mol. The van der Waals surface area contributed by atoms with Crippen molar-refractivity contribution in [2.45, 2.75) is 38.0 Å². The number of hydrogen-bond acceptors (Lipinski definition) is 5. The number of methoxy groups -OCH3 is 1. The molecule has 2 N–H and O–H groups in total. The summed E-state index contributed by atoms with van der Waals surface area (Å²) in [5, 5.41) is 13.4. The molecule has 144 valence electrons. The highest BCUT2D eigenvalue weighted by Gasteiger charge is 2.28. The van der Waals surface area contributed by atoms with Crippen LogP contribution >= 0.6 is 0 Å². The van der Waals surface area contributed by atoms with Crippen molar-refractivity contribution in [2.75, 3.05) is 20.2 Å². The minimum Gasteiger partial charge on any atom is -0.497 e. The van der Waals surface area contributed by atoms with Crippen LogP contribution in [0.15, 0.2) is 48.7 Å². The number of β-amino-alcohol motifs (C(OH)–C–C–N with tert-alkyl or cyclic N) is 1. The molecule has 1 amide bonds. The van der Waals surface area contributed by atoms with E-state index in [1.54, 1.807) is 13.3 Å². The highest BCUT2D eigenvalue weighted by atomic mass is 16.5. The number of ether oxygens (including phenoxy) is 1. The fourth-order valence-corrected chi connectivity index (χ4v) is 3.39. The van der Waals surface area contributed by atoms with Crippen molar-refractivity contribution in [3.05, 3.63) is 59.9 Å². The van der Waals surface area contributed by atoms with Crippen molar-refractivity contribution < 1.29 is 14.6 Å². The van der Waals surface area contributed by atoms with Crippen molar-refractivity contribution in [1.82, 2.24) is 15.2 Å². The summed E-state index contributed by atoms with van der Waals surface area (Å²) in [5.41, 5.74) is 2.06. The van der Waals surface area contributed by atoms with Crippen molar-refractivity contribution in [1.29, 1.82) is 0 Å². The number of rotatable bonds is 7. The molecule has 2 heterocycles. The molecule has 0 aliphatic carbocycles. The maximum Gasteiger partial charge on any atom is 0.220 e. The quantitative estimate of drug-likeness (QED) is 0.778. The predicted octanol–water partition coefficient (Wildman–Crippen LogP) is 1.77. The number of hydrogen-bond donors (Lipinski definition) is 2. The molecular weight excluding hydrogens is 342 g/mol.